The summed E-state index contributed by atoms with van der Waals surface area (Å²) in [6.07, 6.45) is 16.5. The third-order valence-electron chi connectivity index (χ3n) is 3.66. The van der Waals surface area contributed by atoms with Crippen LogP contribution in [0.5, 0.6) is 0 Å². The molecule has 0 aliphatic heterocycles. The normalized spacial score (nSPS) is 12.8. The molecule has 0 aromatic heterocycles. The Labute approximate surface area is 120 Å². The Balaban J connectivity index is 2.95. The SMILES string of the molecule is CCCCCCCCCCCCCCOC(O)CC. The van der Waals surface area contributed by atoms with Crippen molar-refractivity contribution >= 4 is 0 Å². The zero-order valence-electron chi connectivity index (χ0n) is 13.3. The Morgan fingerprint density at radius 2 is 1.11 bits per heavy atom. The minimum Gasteiger partial charge on any atom is -0.368 e. The number of hydrogen-bond donors (Lipinski definition) is 1. The van der Waals surface area contributed by atoms with E-state index in [0.29, 0.717) is 13.0 Å². The van der Waals surface area contributed by atoms with E-state index < -0.39 is 6.29 Å². The van der Waals surface area contributed by atoms with Crippen molar-refractivity contribution in [3.63, 3.8) is 0 Å². The molecule has 0 radical (unpaired) electrons. The predicted octanol–water partition coefficient (Wildman–Crippen LogP) is 5.43. The maximum absolute atomic E-state index is 9.21. The van der Waals surface area contributed by atoms with Gasteiger partial charge in [-0.05, 0) is 12.8 Å². The molecule has 0 amide bonds. The molecular weight excluding hydrogens is 236 g/mol. The van der Waals surface area contributed by atoms with Gasteiger partial charge < -0.3 is 9.84 Å². The van der Waals surface area contributed by atoms with Crippen LogP contribution in [0, 0.1) is 0 Å². The molecule has 2 nitrogen and oxygen atoms in total. The topological polar surface area (TPSA) is 29.5 Å². The van der Waals surface area contributed by atoms with Gasteiger partial charge in [-0.3, -0.25) is 0 Å². The van der Waals surface area contributed by atoms with Gasteiger partial charge >= 0.3 is 0 Å². The zero-order chi connectivity index (χ0) is 14.2. The fraction of sp³-hybridized carbons (Fsp3) is 1.00. The highest BCUT2D eigenvalue weighted by molar-refractivity contribution is 4.48. The number of hydrogen-bond acceptors (Lipinski definition) is 2. The summed E-state index contributed by atoms with van der Waals surface area (Å²) in [6.45, 7) is 4.92. The van der Waals surface area contributed by atoms with Crippen molar-refractivity contribution in [2.24, 2.45) is 0 Å². The summed E-state index contributed by atoms with van der Waals surface area (Å²) in [7, 11) is 0. The van der Waals surface area contributed by atoms with Gasteiger partial charge in [0.1, 0.15) is 0 Å². The standard InChI is InChI=1S/C17H36O2/c1-3-5-6-7-8-9-10-11-12-13-14-15-16-19-17(18)4-2/h17-18H,3-16H2,1-2H3. The lowest BCUT2D eigenvalue weighted by Crippen LogP contribution is -2.10. The quantitative estimate of drug-likeness (QED) is 0.318. The van der Waals surface area contributed by atoms with Crippen molar-refractivity contribution in [1.82, 2.24) is 0 Å². The Bertz CT molecular complexity index is 159. The second-order valence-electron chi connectivity index (χ2n) is 5.62. The lowest BCUT2D eigenvalue weighted by Gasteiger charge is -2.08. The fourth-order valence-electron chi connectivity index (χ4n) is 2.28. The summed E-state index contributed by atoms with van der Waals surface area (Å²) in [5.41, 5.74) is 0. The van der Waals surface area contributed by atoms with E-state index in [1.165, 1.54) is 70.6 Å². The van der Waals surface area contributed by atoms with E-state index in [9.17, 15) is 5.11 Å². The number of unbranched alkanes of at least 4 members (excludes halogenated alkanes) is 11. The van der Waals surface area contributed by atoms with Gasteiger partial charge in [-0.15, -0.1) is 0 Å². The second kappa shape index (κ2) is 16.0. The molecule has 1 N–H and O–H groups in total. The molecule has 0 spiro atoms. The van der Waals surface area contributed by atoms with Crippen LogP contribution in [0.4, 0.5) is 0 Å². The van der Waals surface area contributed by atoms with Gasteiger partial charge in [0.05, 0.1) is 0 Å². The molecular formula is C17H36O2. The first-order valence-corrected chi connectivity index (χ1v) is 8.61. The molecule has 0 aromatic carbocycles. The van der Waals surface area contributed by atoms with E-state index in [1.54, 1.807) is 0 Å². The summed E-state index contributed by atoms with van der Waals surface area (Å²) in [5.74, 6) is 0. The molecule has 0 bridgehead atoms. The van der Waals surface area contributed by atoms with Gasteiger partial charge in [0.2, 0.25) is 0 Å². The first kappa shape index (κ1) is 18.9. The average molecular weight is 272 g/mol. The van der Waals surface area contributed by atoms with Gasteiger partial charge in [0, 0.05) is 6.61 Å². The highest BCUT2D eigenvalue weighted by Crippen LogP contribution is 2.12. The Morgan fingerprint density at radius 3 is 1.53 bits per heavy atom. The van der Waals surface area contributed by atoms with Crippen LogP contribution in [0.25, 0.3) is 0 Å². The smallest absolute Gasteiger partial charge is 0.154 e. The maximum atomic E-state index is 9.21. The molecule has 116 valence electrons. The molecule has 0 fully saturated rings. The Kier molecular flexibility index (Phi) is 15.9. The van der Waals surface area contributed by atoms with Crippen LogP contribution in [0.1, 0.15) is 97.3 Å². The Morgan fingerprint density at radius 1 is 0.684 bits per heavy atom. The lowest BCUT2D eigenvalue weighted by atomic mass is 10.1. The van der Waals surface area contributed by atoms with E-state index in [1.807, 2.05) is 6.92 Å². The minimum atomic E-state index is -0.548. The first-order valence-electron chi connectivity index (χ1n) is 8.61. The average Bonchev–Trinajstić information content (AvgIpc) is 2.43. The van der Waals surface area contributed by atoms with E-state index in [2.05, 4.69) is 6.92 Å². The molecule has 0 aliphatic rings. The molecule has 0 heterocycles. The van der Waals surface area contributed by atoms with Crippen molar-refractivity contribution in [1.29, 1.82) is 0 Å². The van der Waals surface area contributed by atoms with Crippen LogP contribution >= 0.6 is 0 Å². The van der Waals surface area contributed by atoms with E-state index in [0.717, 1.165) is 6.42 Å². The van der Waals surface area contributed by atoms with Crippen LogP contribution in [-0.2, 0) is 4.74 Å². The van der Waals surface area contributed by atoms with Crippen LogP contribution < -0.4 is 0 Å². The second-order valence-corrected chi connectivity index (χ2v) is 5.62. The van der Waals surface area contributed by atoms with E-state index in [4.69, 9.17) is 4.74 Å². The third kappa shape index (κ3) is 15.9. The summed E-state index contributed by atoms with van der Waals surface area (Å²) in [6, 6.07) is 0. The minimum absolute atomic E-state index is 0.548. The van der Waals surface area contributed by atoms with Crippen molar-refractivity contribution in [2.45, 2.75) is 104 Å². The third-order valence-corrected chi connectivity index (χ3v) is 3.66. The summed E-state index contributed by atoms with van der Waals surface area (Å²) in [5, 5.41) is 9.21. The molecule has 1 unspecified atom stereocenters. The molecule has 0 saturated heterocycles. The number of rotatable bonds is 15. The molecule has 2 heteroatoms. The van der Waals surface area contributed by atoms with Crippen LogP contribution in [-0.4, -0.2) is 18.0 Å². The van der Waals surface area contributed by atoms with Gasteiger partial charge in [-0.1, -0.05) is 84.5 Å². The van der Waals surface area contributed by atoms with Crippen molar-refractivity contribution in [3.8, 4) is 0 Å². The van der Waals surface area contributed by atoms with Crippen molar-refractivity contribution < 1.29 is 9.84 Å². The Hall–Kier alpha value is -0.0800. The van der Waals surface area contributed by atoms with Crippen molar-refractivity contribution in [3.05, 3.63) is 0 Å². The van der Waals surface area contributed by atoms with Crippen LogP contribution in [0.3, 0.4) is 0 Å². The molecule has 0 aromatic rings. The monoisotopic (exact) mass is 272 g/mol. The highest BCUT2D eigenvalue weighted by atomic mass is 16.6. The van der Waals surface area contributed by atoms with Gasteiger partial charge in [0.15, 0.2) is 6.29 Å². The van der Waals surface area contributed by atoms with E-state index >= 15 is 0 Å². The van der Waals surface area contributed by atoms with Crippen molar-refractivity contribution in [2.75, 3.05) is 6.61 Å². The maximum Gasteiger partial charge on any atom is 0.154 e. The molecule has 19 heavy (non-hydrogen) atoms. The van der Waals surface area contributed by atoms with Gasteiger partial charge in [0.25, 0.3) is 0 Å². The zero-order valence-corrected chi connectivity index (χ0v) is 13.3. The number of ether oxygens (including phenoxy) is 1. The molecule has 0 rings (SSSR count). The van der Waals surface area contributed by atoms with E-state index in [-0.39, 0.29) is 0 Å². The lowest BCUT2D eigenvalue weighted by molar-refractivity contribution is -0.101. The molecule has 1 atom stereocenters. The van der Waals surface area contributed by atoms with Gasteiger partial charge in [-0.25, -0.2) is 0 Å². The predicted molar refractivity (Wildman–Crippen MR) is 83.3 cm³/mol. The summed E-state index contributed by atoms with van der Waals surface area (Å²) < 4.78 is 5.24. The highest BCUT2D eigenvalue weighted by Gasteiger charge is 1.98. The van der Waals surface area contributed by atoms with Crippen LogP contribution in [0.2, 0.25) is 0 Å². The summed E-state index contributed by atoms with van der Waals surface area (Å²) in [4.78, 5) is 0. The number of aliphatic hydroxyl groups is 1. The fourth-order valence-corrected chi connectivity index (χ4v) is 2.28. The number of aliphatic hydroxyl groups excluding tert-OH is 1. The summed E-state index contributed by atoms with van der Waals surface area (Å²) >= 11 is 0. The molecule has 0 saturated carbocycles. The largest absolute Gasteiger partial charge is 0.368 e. The van der Waals surface area contributed by atoms with Crippen LogP contribution in [0.15, 0.2) is 0 Å². The first-order chi connectivity index (χ1) is 9.31. The molecule has 0 aliphatic carbocycles. The van der Waals surface area contributed by atoms with Gasteiger partial charge in [-0.2, -0.15) is 0 Å².